The number of aromatic nitrogens is 1. The largest absolute Gasteiger partial charge is 0.465 e. The lowest BCUT2D eigenvalue weighted by Crippen LogP contribution is -2.20. The van der Waals surface area contributed by atoms with Crippen LogP contribution in [0.3, 0.4) is 0 Å². The Balaban J connectivity index is 2.35. The highest BCUT2D eigenvalue weighted by molar-refractivity contribution is 6.67. The molecule has 0 atom stereocenters. The van der Waals surface area contributed by atoms with Crippen LogP contribution in [0.25, 0.3) is 0 Å². The number of hydrogen-bond acceptors (Lipinski definition) is 4. The maximum absolute atomic E-state index is 12.9. The summed E-state index contributed by atoms with van der Waals surface area (Å²) < 4.78 is 44.1. The minimum Gasteiger partial charge on any atom is -0.465 e. The van der Waals surface area contributed by atoms with Crippen LogP contribution in [0.2, 0.25) is 0 Å². The van der Waals surface area contributed by atoms with Gasteiger partial charge in [-0.2, -0.15) is 13.2 Å². The number of nitrogens with one attached hydrogen (secondary N) is 1. The third-order valence-electron chi connectivity index (χ3n) is 2.88. The molecule has 2 rings (SSSR count). The van der Waals surface area contributed by atoms with Crippen LogP contribution in [-0.2, 0) is 12.7 Å². The normalized spacial score (nSPS) is 11.0. The van der Waals surface area contributed by atoms with Crippen molar-refractivity contribution in [2.24, 2.45) is 0 Å². The molecule has 132 valence electrons. The van der Waals surface area contributed by atoms with Crippen molar-refractivity contribution in [1.29, 1.82) is 0 Å². The molecule has 1 heterocycles. The van der Waals surface area contributed by atoms with Gasteiger partial charge in [0.05, 0.1) is 0 Å². The molecular formula is C15H10ClF3N2O4. The van der Waals surface area contributed by atoms with Crippen molar-refractivity contribution >= 4 is 22.9 Å². The Hall–Kier alpha value is -2.81. The fraction of sp³-hybridized carbons (Fsp3) is 0.133. The van der Waals surface area contributed by atoms with Crippen LogP contribution < -0.4 is 10.1 Å². The van der Waals surface area contributed by atoms with Gasteiger partial charge in [-0.1, -0.05) is 6.07 Å². The SMILES string of the molecule is O=C(O)NCc1cc(Oc2cccc(C(=O)Cl)c2)nc(C(F)(F)F)c1. The van der Waals surface area contributed by atoms with Gasteiger partial charge >= 0.3 is 12.3 Å². The number of hydrogen-bond donors (Lipinski definition) is 2. The molecule has 0 saturated carbocycles. The number of rotatable bonds is 5. The van der Waals surface area contributed by atoms with Gasteiger partial charge in [-0.25, -0.2) is 9.78 Å². The van der Waals surface area contributed by atoms with Crippen LogP contribution in [0, 0.1) is 0 Å². The number of pyridine rings is 1. The maximum atomic E-state index is 12.9. The Kier molecular flexibility index (Phi) is 5.48. The van der Waals surface area contributed by atoms with Crippen molar-refractivity contribution < 1.29 is 32.6 Å². The van der Waals surface area contributed by atoms with Crippen LogP contribution >= 0.6 is 11.6 Å². The van der Waals surface area contributed by atoms with Crippen molar-refractivity contribution in [3.63, 3.8) is 0 Å². The lowest BCUT2D eigenvalue weighted by Gasteiger charge is -2.12. The summed E-state index contributed by atoms with van der Waals surface area (Å²) >= 11 is 5.34. The van der Waals surface area contributed by atoms with Gasteiger partial charge in [-0.3, -0.25) is 4.79 Å². The topological polar surface area (TPSA) is 88.5 Å². The Bertz CT molecular complexity index is 812. The molecule has 10 heteroatoms. The highest BCUT2D eigenvalue weighted by Crippen LogP contribution is 2.31. The van der Waals surface area contributed by atoms with Gasteiger partial charge in [0.2, 0.25) is 5.88 Å². The third-order valence-corrected chi connectivity index (χ3v) is 3.10. The first kappa shape index (κ1) is 18.5. The molecule has 0 fully saturated rings. The van der Waals surface area contributed by atoms with Gasteiger partial charge in [-0.05, 0) is 41.4 Å². The second-order valence-electron chi connectivity index (χ2n) is 4.76. The number of amides is 1. The van der Waals surface area contributed by atoms with Gasteiger partial charge in [0.15, 0.2) is 0 Å². The number of alkyl halides is 3. The quantitative estimate of drug-likeness (QED) is 0.771. The van der Waals surface area contributed by atoms with E-state index in [9.17, 15) is 22.8 Å². The first-order valence-electron chi connectivity index (χ1n) is 6.68. The van der Waals surface area contributed by atoms with Gasteiger partial charge < -0.3 is 15.2 Å². The minimum atomic E-state index is -4.74. The summed E-state index contributed by atoms with van der Waals surface area (Å²) in [5.74, 6) is -0.355. The predicted molar refractivity (Wildman–Crippen MR) is 80.8 cm³/mol. The van der Waals surface area contributed by atoms with E-state index in [4.69, 9.17) is 21.4 Å². The molecular weight excluding hydrogens is 365 g/mol. The van der Waals surface area contributed by atoms with E-state index in [1.807, 2.05) is 5.32 Å². The molecule has 0 bridgehead atoms. The third kappa shape index (κ3) is 5.35. The zero-order valence-electron chi connectivity index (χ0n) is 12.3. The average molecular weight is 375 g/mol. The Morgan fingerprint density at radius 1 is 1.24 bits per heavy atom. The van der Waals surface area contributed by atoms with Crippen molar-refractivity contribution in [2.45, 2.75) is 12.7 Å². The highest BCUT2D eigenvalue weighted by Gasteiger charge is 2.33. The zero-order chi connectivity index (χ0) is 18.6. The first-order valence-corrected chi connectivity index (χ1v) is 7.05. The molecule has 0 aliphatic carbocycles. The Morgan fingerprint density at radius 3 is 2.56 bits per heavy atom. The summed E-state index contributed by atoms with van der Waals surface area (Å²) in [4.78, 5) is 25.0. The molecule has 0 aliphatic rings. The maximum Gasteiger partial charge on any atom is 0.433 e. The zero-order valence-corrected chi connectivity index (χ0v) is 13.1. The second-order valence-corrected chi connectivity index (χ2v) is 5.10. The molecule has 1 aromatic heterocycles. The van der Waals surface area contributed by atoms with E-state index in [1.165, 1.54) is 24.3 Å². The number of carbonyl (C=O) groups is 2. The lowest BCUT2D eigenvalue weighted by atomic mass is 10.2. The van der Waals surface area contributed by atoms with E-state index in [1.54, 1.807) is 0 Å². The van der Waals surface area contributed by atoms with E-state index < -0.39 is 29.1 Å². The molecule has 1 amide bonds. The van der Waals surface area contributed by atoms with Crippen molar-refractivity contribution in [3.8, 4) is 11.6 Å². The summed E-state index contributed by atoms with van der Waals surface area (Å²) in [5.41, 5.74) is -1.14. The summed E-state index contributed by atoms with van der Waals surface area (Å²) in [6.07, 6.45) is -6.13. The average Bonchev–Trinajstić information content (AvgIpc) is 2.52. The van der Waals surface area contributed by atoms with E-state index in [0.717, 1.165) is 6.07 Å². The second kappa shape index (κ2) is 7.39. The summed E-state index contributed by atoms with van der Waals surface area (Å²) in [6.45, 7) is -0.364. The number of benzene rings is 1. The number of ether oxygens (including phenoxy) is 1. The van der Waals surface area contributed by atoms with Crippen LogP contribution in [-0.4, -0.2) is 21.4 Å². The fourth-order valence-electron chi connectivity index (χ4n) is 1.84. The van der Waals surface area contributed by atoms with E-state index in [-0.39, 0.29) is 23.4 Å². The number of halogens is 4. The monoisotopic (exact) mass is 374 g/mol. The van der Waals surface area contributed by atoms with Gasteiger partial charge in [0.25, 0.3) is 5.24 Å². The summed E-state index contributed by atoms with van der Waals surface area (Å²) in [6, 6.07) is 7.35. The van der Waals surface area contributed by atoms with Gasteiger partial charge in [0.1, 0.15) is 11.4 Å². The molecule has 25 heavy (non-hydrogen) atoms. The molecule has 0 spiro atoms. The number of carbonyl (C=O) groups excluding carboxylic acids is 1. The van der Waals surface area contributed by atoms with Gasteiger partial charge in [0, 0.05) is 18.2 Å². The first-order chi connectivity index (χ1) is 11.6. The van der Waals surface area contributed by atoms with Crippen LogP contribution in [0.5, 0.6) is 11.6 Å². The summed E-state index contributed by atoms with van der Waals surface area (Å²) in [7, 11) is 0. The van der Waals surface area contributed by atoms with Gasteiger partial charge in [-0.15, -0.1) is 0 Å². The van der Waals surface area contributed by atoms with E-state index >= 15 is 0 Å². The smallest absolute Gasteiger partial charge is 0.433 e. The molecule has 0 unspecified atom stereocenters. The fourth-order valence-corrected chi connectivity index (χ4v) is 1.96. The Morgan fingerprint density at radius 2 is 1.96 bits per heavy atom. The molecule has 6 nitrogen and oxygen atoms in total. The molecule has 2 N–H and O–H groups in total. The lowest BCUT2D eigenvalue weighted by molar-refractivity contribution is -0.141. The van der Waals surface area contributed by atoms with E-state index in [2.05, 4.69) is 4.98 Å². The molecule has 0 radical (unpaired) electrons. The van der Waals surface area contributed by atoms with Crippen LogP contribution in [0.4, 0.5) is 18.0 Å². The van der Waals surface area contributed by atoms with Crippen molar-refractivity contribution in [2.75, 3.05) is 0 Å². The minimum absolute atomic E-state index is 0.00398. The predicted octanol–water partition coefficient (Wildman–Crippen LogP) is 4.04. The molecule has 0 aliphatic heterocycles. The van der Waals surface area contributed by atoms with Crippen molar-refractivity contribution in [3.05, 3.63) is 53.2 Å². The van der Waals surface area contributed by atoms with E-state index in [0.29, 0.717) is 6.07 Å². The summed E-state index contributed by atoms with van der Waals surface area (Å²) in [5, 5.41) is 9.77. The molecule has 2 aromatic rings. The van der Waals surface area contributed by atoms with Crippen LogP contribution in [0.15, 0.2) is 36.4 Å². The Labute approximate surface area is 144 Å². The number of nitrogens with zero attached hydrogens (tertiary/aromatic N) is 1. The molecule has 0 saturated heterocycles. The highest BCUT2D eigenvalue weighted by atomic mass is 35.5. The molecule has 1 aromatic carbocycles. The standard InChI is InChI=1S/C15H10ClF3N2O4/c16-13(22)9-2-1-3-10(6-9)25-12-5-8(7-20-14(23)24)4-11(21-12)15(17,18)19/h1-6,20H,7H2,(H,23,24). The number of carboxylic acid groups (broad SMARTS) is 1. The van der Waals surface area contributed by atoms with Crippen LogP contribution in [0.1, 0.15) is 21.6 Å². The van der Waals surface area contributed by atoms with Crippen molar-refractivity contribution in [1.82, 2.24) is 10.3 Å².